The van der Waals surface area contributed by atoms with Gasteiger partial charge >= 0.3 is 0 Å². The van der Waals surface area contributed by atoms with Crippen LogP contribution in [0.2, 0.25) is 0 Å². The van der Waals surface area contributed by atoms with Gasteiger partial charge in [0.05, 0.1) is 27.8 Å². The van der Waals surface area contributed by atoms with E-state index < -0.39 is 0 Å². The van der Waals surface area contributed by atoms with Crippen molar-refractivity contribution in [2.75, 3.05) is 11.9 Å². The number of fused-ring (bicyclic) bond motifs is 4. The molecule has 6 heterocycles. The lowest BCUT2D eigenvalue weighted by Gasteiger charge is -2.35. The number of anilines is 1. The van der Waals surface area contributed by atoms with Crippen LogP contribution in [0, 0.1) is 18.3 Å². The Labute approximate surface area is 184 Å². The SMILES string of the molecule is Cc1cn2cc(-c3cc4sc(N(C)C5CC6CCC(C5)N6)nc4cn3)cc(C#N)c2n1. The maximum atomic E-state index is 9.58. The highest BCUT2D eigenvalue weighted by atomic mass is 32.1. The fourth-order valence-electron chi connectivity index (χ4n) is 5.07. The second kappa shape index (κ2) is 7.01. The van der Waals surface area contributed by atoms with E-state index in [4.69, 9.17) is 4.98 Å². The molecular formula is C23H23N7S. The van der Waals surface area contributed by atoms with Crippen LogP contribution in [0.1, 0.15) is 36.9 Å². The first-order chi connectivity index (χ1) is 15.1. The van der Waals surface area contributed by atoms with Crippen LogP contribution in [0.5, 0.6) is 0 Å². The molecule has 2 atom stereocenters. The zero-order chi connectivity index (χ0) is 21.1. The van der Waals surface area contributed by atoms with E-state index >= 15 is 0 Å². The van der Waals surface area contributed by atoms with Gasteiger partial charge in [0.25, 0.3) is 0 Å². The minimum absolute atomic E-state index is 0.539. The maximum Gasteiger partial charge on any atom is 0.186 e. The molecule has 2 bridgehead atoms. The van der Waals surface area contributed by atoms with Crippen molar-refractivity contribution in [1.82, 2.24) is 24.7 Å². The largest absolute Gasteiger partial charge is 0.348 e. The number of aromatic nitrogens is 4. The highest BCUT2D eigenvalue weighted by Gasteiger charge is 2.35. The Bertz CT molecular complexity index is 1340. The van der Waals surface area contributed by atoms with Gasteiger partial charge in [-0.15, -0.1) is 0 Å². The van der Waals surface area contributed by atoms with E-state index in [2.05, 4.69) is 39.4 Å². The number of thiazole rings is 1. The maximum absolute atomic E-state index is 9.58. The third kappa shape index (κ3) is 3.16. The van der Waals surface area contributed by atoms with Gasteiger partial charge in [0.2, 0.25) is 0 Å². The second-order valence-corrected chi connectivity index (χ2v) is 9.78. The number of rotatable bonds is 3. The summed E-state index contributed by atoms with van der Waals surface area (Å²) in [7, 11) is 2.18. The molecule has 4 aromatic heterocycles. The molecule has 0 aliphatic carbocycles. The molecule has 0 spiro atoms. The predicted molar refractivity (Wildman–Crippen MR) is 122 cm³/mol. The molecule has 2 saturated heterocycles. The van der Waals surface area contributed by atoms with Crippen molar-refractivity contribution in [3.63, 3.8) is 0 Å². The van der Waals surface area contributed by atoms with Crippen LogP contribution in [-0.2, 0) is 0 Å². The predicted octanol–water partition coefficient (Wildman–Crippen LogP) is 3.91. The van der Waals surface area contributed by atoms with E-state index in [0.29, 0.717) is 29.3 Å². The number of nitrogens with one attached hydrogen (secondary N) is 1. The molecule has 2 unspecified atom stereocenters. The summed E-state index contributed by atoms with van der Waals surface area (Å²) >= 11 is 1.72. The normalized spacial score (nSPS) is 22.8. The lowest BCUT2D eigenvalue weighted by atomic mass is 9.99. The quantitative estimate of drug-likeness (QED) is 0.532. The first-order valence-corrected chi connectivity index (χ1v) is 11.5. The van der Waals surface area contributed by atoms with Crippen LogP contribution in [-0.4, -0.2) is 44.5 Å². The Hall–Kier alpha value is -3.02. The average molecular weight is 430 g/mol. The molecule has 6 rings (SSSR count). The molecule has 0 radical (unpaired) electrons. The van der Waals surface area contributed by atoms with Gasteiger partial charge in [-0.2, -0.15) is 5.26 Å². The fraction of sp³-hybridized carbons (Fsp3) is 0.391. The lowest BCUT2D eigenvalue weighted by Crippen LogP contribution is -2.47. The summed E-state index contributed by atoms with van der Waals surface area (Å²) in [4.78, 5) is 16.4. The Balaban J connectivity index is 1.35. The number of piperidine rings is 1. The molecule has 8 heteroatoms. The van der Waals surface area contributed by atoms with Gasteiger partial charge in [-0.1, -0.05) is 11.3 Å². The van der Waals surface area contributed by atoms with Crippen molar-refractivity contribution in [3.8, 4) is 17.3 Å². The van der Waals surface area contributed by atoms with Gasteiger partial charge < -0.3 is 14.6 Å². The minimum atomic E-state index is 0.539. The number of hydrogen-bond acceptors (Lipinski definition) is 7. The third-order valence-corrected chi connectivity index (χ3v) is 7.76. The zero-order valence-corrected chi connectivity index (χ0v) is 18.4. The van der Waals surface area contributed by atoms with Crippen molar-refractivity contribution in [2.45, 2.75) is 50.7 Å². The Morgan fingerprint density at radius 1 is 1.19 bits per heavy atom. The molecule has 2 aliphatic heterocycles. The van der Waals surface area contributed by atoms with Crippen molar-refractivity contribution in [3.05, 3.63) is 42.0 Å². The summed E-state index contributed by atoms with van der Waals surface area (Å²) in [5, 5.41) is 14.3. The molecule has 156 valence electrons. The van der Waals surface area contributed by atoms with E-state index in [1.807, 2.05) is 36.0 Å². The van der Waals surface area contributed by atoms with Crippen LogP contribution in [0.25, 0.3) is 27.1 Å². The van der Waals surface area contributed by atoms with Crippen molar-refractivity contribution >= 4 is 32.3 Å². The van der Waals surface area contributed by atoms with E-state index in [9.17, 15) is 5.26 Å². The number of pyridine rings is 2. The van der Waals surface area contributed by atoms with Crippen molar-refractivity contribution in [2.24, 2.45) is 0 Å². The number of nitriles is 1. The van der Waals surface area contributed by atoms with Crippen LogP contribution >= 0.6 is 11.3 Å². The van der Waals surface area contributed by atoms with Crippen LogP contribution in [0.15, 0.2) is 30.7 Å². The fourth-order valence-corrected chi connectivity index (χ4v) is 6.08. The molecule has 7 nitrogen and oxygen atoms in total. The summed E-state index contributed by atoms with van der Waals surface area (Å²) < 4.78 is 3.02. The third-order valence-electron chi connectivity index (χ3n) is 6.65. The van der Waals surface area contributed by atoms with Crippen LogP contribution in [0.4, 0.5) is 5.13 Å². The van der Waals surface area contributed by atoms with Gasteiger partial charge in [0.1, 0.15) is 11.6 Å². The molecule has 0 amide bonds. The Morgan fingerprint density at radius 2 is 2.00 bits per heavy atom. The summed E-state index contributed by atoms with van der Waals surface area (Å²) in [6, 6.07) is 8.07. The summed E-state index contributed by atoms with van der Waals surface area (Å²) in [5.41, 5.74) is 4.79. The number of imidazole rings is 1. The highest BCUT2D eigenvalue weighted by molar-refractivity contribution is 7.22. The smallest absolute Gasteiger partial charge is 0.186 e. The van der Waals surface area contributed by atoms with Crippen LogP contribution < -0.4 is 10.2 Å². The zero-order valence-electron chi connectivity index (χ0n) is 17.5. The van der Waals surface area contributed by atoms with Gasteiger partial charge in [-0.05, 0) is 44.7 Å². The Morgan fingerprint density at radius 3 is 2.77 bits per heavy atom. The second-order valence-electron chi connectivity index (χ2n) is 8.78. The molecular weight excluding hydrogens is 406 g/mol. The molecule has 0 aromatic carbocycles. The molecule has 31 heavy (non-hydrogen) atoms. The standard InChI is InChI=1S/C23H23N7S/c1-13-11-30-12-15(5-14(9-24)22(30)26-13)19-8-21-20(10-25-19)28-23(31-21)29(2)18-6-16-3-4-17(7-18)27-16/h5,8,10-12,16-18,27H,3-4,6-7H2,1-2H3. The average Bonchev–Trinajstić information content (AvgIpc) is 3.46. The van der Waals surface area contributed by atoms with E-state index in [0.717, 1.165) is 32.3 Å². The molecule has 4 aromatic rings. The molecule has 2 aliphatic rings. The van der Waals surface area contributed by atoms with E-state index in [1.54, 1.807) is 11.3 Å². The van der Waals surface area contributed by atoms with Crippen molar-refractivity contribution < 1.29 is 0 Å². The number of aryl methyl sites for hydroxylation is 1. The topological polar surface area (TPSA) is 82.1 Å². The summed E-state index contributed by atoms with van der Waals surface area (Å²) in [5.74, 6) is 0. The monoisotopic (exact) mass is 429 g/mol. The number of hydrogen-bond donors (Lipinski definition) is 1. The highest BCUT2D eigenvalue weighted by Crippen LogP contribution is 2.36. The minimum Gasteiger partial charge on any atom is -0.348 e. The van der Waals surface area contributed by atoms with Gasteiger partial charge in [0, 0.05) is 43.1 Å². The summed E-state index contributed by atoms with van der Waals surface area (Å²) in [6.07, 6.45) is 10.7. The number of nitrogens with zero attached hydrogens (tertiary/aromatic N) is 6. The molecule has 0 saturated carbocycles. The van der Waals surface area contributed by atoms with Gasteiger partial charge in [0.15, 0.2) is 10.8 Å². The summed E-state index contributed by atoms with van der Waals surface area (Å²) in [6.45, 7) is 1.93. The van der Waals surface area contributed by atoms with Gasteiger partial charge in [-0.3, -0.25) is 4.98 Å². The molecule has 2 fully saturated rings. The Kier molecular flexibility index (Phi) is 4.23. The molecule has 1 N–H and O–H groups in total. The first kappa shape index (κ1) is 18.7. The van der Waals surface area contributed by atoms with Crippen molar-refractivity contribution in [1.29, 1.82) is 5.26 Å². The van der Waals surface area contributed by atoms with Crippen LogP contribution in [0.3, 0.4) is 0 Å². The van der Waals surface area contributed by atoms with E-state index in [-0.39, 0.29) is 0 Å². The first-order valence-electron chi connectivity index (χ1n) is 10.7. The van der Waals surface area contributed by atoms with E-state index in [1.165, 1.54) is 25.7 Å². The van der Waals surface area contributed by atoms with Gasteiger partial charge in [-0.25, -0.2) is 9.97 Å². The lowest BCUT2D eigenvalue weighted by molar-refractivity contribution is 0.354.